The maximum Gasteiger partial charge on any atom is 0.322 e. The third-order valence-electron chi connectivity index (χ3n) is 4.21. The monoisotopic (exact) mass is 498 g/mol. The van der Waals surface area contributed by atoms with Crippen LogP contribution in [-0.2, 0) is 10.0 Å². The fraction of sp³-hybridized carbons (Fsp3) is 0. The van der Waals surface area contributed by atoms with Gasteiger partial charge in [0, 0.05) is 10.0 Å². The van der Waals surface area contributed by atoms with E-state index in [2.05, 4.69) is 36.2 Å². The predicted octanol–water partition coefficient (Wildman–Crippen LogP) is 4.55. The highest BCUT2D eigenvalue weighted by molar-refractivity contribution is 9.10. The molecule has 31 heavy (non-hydrogen) atoms. The predicted molar refractivity (Wildman–Crippen MR) is 119 cm³/mol. The zero-order chi connectivity index (χ0) is 21.8. The Morgan fingerprint density at radius 2 is 1.55 bits per heavy atom. The van der Waals surface area contributed by atoms with Gasteiger partial charge in [-0.15, -0.1) is 5.10 Å². The van der Waals surface area contributed by atoms with Gasteiger partial charge >= 0.3 is 6.01 Å². The molecule has 0 radical (unpaired) electrons. The molecule has 1 amide bonds. The lowest BCUT2D eigenvalue weighted by Crippen LogP contribution is -2.18. The molecule has 0 saturated carbocycles. The molecule has 1 heterocycles. The van der Waals surface area contributed by atoms with E-state index in [0.29, 0.717) is 5.56 Å². The Morgan fingerprint density at radius 3 is 2.29 bits per heavy atom. The van der Waals surface area contributed by atoms with Crippen molar-refractivity contribution in [1.82, 2.24) is 10.2 Å². The van der Waals surface area contributed by atoms with Crippen LogP contribution in [0.15, 0.2) is 92.6 Å². The van der Waals surface area contributed by atoms with Crippen LogP contribution in [0.1, 0.15) is 10.4 Å². The summed E-state index contributed by atoms with van der Waals surface area (Å²) in [6.45, 7) is 0. The number of rotatable bonds is 6. The summed E-state index contributed by atoms with van der Waals surface area (Å²) in [6, 6.07) is 21.2. The van der Waals surface area contributed by atoms with Crippen LogP contribution in [0.3, 0.4) is 0 Å². The van der Waals surface area contributed by atoms with Crippen LogP contribution in [-0.4, -0.2) is 24.5 Å². The van der Waals surface area contributed by atoms with Crippen molar-refractivity contribution in [2.75, 3.05) is 10.0 Å². The average molecular weight is 499 g/mol. The number of amides is 1. The number of nitrogens with one attached hydrogen (secondary N) is 2. The molecule has 0 aliphatic heterocycles. The Bertz CT molecular complexity index is 1320. The zero-order valence-corrected chi connectivity index (χ0v) is 18.2. The Kier molecular flexibility index (Phi) is 5.83. The van der Waals surface area contributed by atoms with Gasteiger partial charge in [0.1, 0.15) is 0 Å². The second-order valence-corrected chi connectivity index (χ2v) is 8.94. The fourth-order valence-electron chi connectivity index (χ4n) is 2.72. The summed E-state index contributed by atoms with van der Waals surface area (Å²) in [5.74, 6) is -0.363. The van der Waals surface area contributed by atoms with E-state index in [1.54, 1.807) is 42.5 Å². The highest BCUT2D eigenvalue weighted by Crippen LogP contribution is 2.24. The van der Waals surface area contributed by atoms with Gasteiger partial charge in [-0.25, -0.2) is 8.42 Å². The van der Waals surface area contributed by atoms with Crippen LogP contribution in [0.25, 0.3) is 11.5 Å². The molecule has 156 valence electrons. The first-order chi connectivity index (χ1) is 14.9. The third-order valence-corrected chi connectivity index (χ3v) is 6.12. The normalized spacial score (nSPS) is 11.1. The molecule has 4 aromatic rings. The molecule has 0 unspecified atom stereocenters. The van der Waals surface area contributed by atoms with Gasteiger partial charge in [0.2, 0.25) is 5.89 Å². The number of anilines is 2. The van der Waals surface area contributed by atoms with Crippen LogP contribution in [0.2, 0.25) is 0 Å². The number of aromatic nitrogens is 2. The lowest BCUT2D eigenvalue weighted by atomic mass is 10.2. The Balaban J connectivity index is 1.54. The van der Waals surface area contributed by atoms with Crippen molar-refractivity contribution < 1.29 is 17.6 Å². The average Bonchev–Trinajstić information content (AvgIpc) is 3.23. The Labute approximate surface area is 186 Å². The maximum atomic E-state index is 12.8. The minimum absolute atomic E-state index is 0.0845. The number of hydrogen-bond donors (Lipinski definition) is 2. The minimum Gasteiger partial charge on any atom is -0.403 e. The first-order valence-electron chi connectivity index (χ1n) is 9.00. The van der Waals surface area contributed by atoms with Gasteiger partial charge in [-0.05, 0) is 48.5 Å². The number of hydrogen-bond acceptors (Lipinski definition) is 6. The summed E-state index contributed by atoms with van der Waals surface area (Å²) < 4.78 is 34.1. The molecule has 4 rings (SSSR count). The molecule has 0 atom stereocenters. The Hall–Kier alpha value is -3.50. The van der Waals surface area contributed by atoms with E-state index >= 15 is 0 Å². The fourth-order valence-corrected chi connectivity index (χ4v) is 4.09. The van der Waals surface area contributed by atoms with Crippen molar-refractivity contribution in [3.05, 3.63) is 88.9 Å². The van der Waals surface area contributed by atoms with Crippen molar-refractivity contribution in [3.63, 3.8) is 0 Å². The molecular formula is C21H15BrN4O4S. The van der Waals surface area contributed by atoms with Gasteiger partial charge < -0.3 is 4.42 Å². The maximum absolute atomic E-state index is 12.8. The second kappa shape index (κ2) is 8.70. The highest BCUT2D eigenvalue weighted by atomic mass is 79.9. The Morgan fingerprint density at radius 1 is 0.871 bits per heavy atom. The molecular weight excluding hydrogens is 484 g/mol. The third kappa shape index (κ3) is 4.81. The van der Waals surface area contributed by atoms with Gasteiger partial charge in [-0.1, -0.05) is 51.4 Å². The minimum atomic E-state index is -3.86. The van der Waals surface area contributed by atoms with Gasteiger partial charge in [-0.2, -0.15) is 0 Å². The molecule has 0 aliphatic rings. The van der Waals surface area contributed by atoms with Gasteiger partial charge in [0.15, 0.2) is 0 Å². The highest BCUT2D eigenvalue weighted by Gasteiger charge is 2.20. The van der Waals surface area contributed by atoms with Crippen LogP contribution in [0, 0.1) is 0 Å². The number of para-hydroxylation sites is 1. The molecule has 2 N–H and O–H groups in total. The summed E-state index contributed by atoms with van der Waals surface area (Å²) >= 11 is 3.35. The molecule has 0 bridgehead atoms. The van der Waals surface area contributed by atoms with Crippen molar-refractivity contribution >= 4 is 43.6 Å². The number of carbonyl (C=O) groups is 1. The molecule has 3 aromatic carbocycles. The largest absolute Gasteiger partial charge is 0.403 e. The van der Waals surface area contributed by atoms with E-state index in [1.807, 2.05) is 12.1 Å². The standard InChI is InChI=1S/C21H15BrN4O4S/c22-15-12-10-14(11-13-15)20-24-25-21(30-20)23-19(27)17-8-4-5-9-18(17)26-31(28,29)16-6-2-1-3-7-16/h1-13,26H,(H,23,25,27). The zero-order valence-electron chi connectivity index (χ0n) is 15.8. The summed E-state index contributed by atoms with van der Waals surface area (Å²) in [6.07, 6.45) is 0. The van der Waals surface area contributed by atoms with Crippen LogP contribution in [0.4, 0.5) is 11.7 Å². The number of benzene rings is 3. The lowest BCUT2D eigenvalue weighted by Gasteiger charge is -2.11. The number of sulfonamides is 1. The summed E-state index contributed by atoms with van der Waals surface area (Å²) in [5, 5.41) is 10.3. The topological polar surface area (TPSA) is 114 Å². The molecule has 0 saturated heterocycles. The van der Waals surface area contributed by atoms with Gasteiger partial charge in [-0.3, -0.25) is 14.8 Å². The summed E-state index contributed by atoms with van der Waals surface area (Å²) in [5.41, 5.74) is 0.911. The molecule has 0 spiro atoms. The molecule has 8 nitrogen and oxygen atoms in total. The quantitative estimate of drug-likeness (QED) is 0.402. The van der Waals surface area contributed by atoms with Crippen molar-refractivity contribution in [2.45, 2.75) is 4.90 Å². The van der Waals surface area contributed by atoms with E-state index < -0.39 is 15.9 Å². The SMILES string of the molecule is O=C(Nc1nnc(-c2ccc(Br)cc2)o1)c1ccccc1NS(=O)(=O)c1ccccc1. The van der Waals surface area contributed by atoms with E-state index in [9.17, 15) is 13.2 Å². The van der Waals surface area contributed by atoms with Crippen molar-refractivity contribution in [2.24, 2.45) is 0 Å². The van der Waals surface area contributed by atoms with Crippen molar-refractivity contribution in [3.8, 4) is 11.5 Å². The lowest BCUT2D eigenvalue weighted by molar-refractivity contribution is 0.102. The summed E-state index contributed by atoms with van der Waals surface area (Å²) in [4.78, 5) is 12.9. The summed E-state index contributed by atoms with van der Waals surface area (Å²) in [7, 11) is -3.86. The molecule has 0 fully saturated rings. The van der Waals surface area contributed by atoms with E-state index in [-0.39, 0.29) is 28.1 Å². The van der Waals surface area contributed by atoms with E-state index in [1.165, 1.54) is 24.3 Å². The van der Waals surface area contributed by atoms with Crippen molar-refractivity contribution in [1.29, 1.82) is 0 Å². The molecule has 1 aromatic heterocycles. The number of carbonyl (C=O) groups excluding carboxylic acids is 1. The number of halogens is 1. The van der Waals surface area contributed by atoms with Crippen LogP contribution >= 0.6 is 15.9 Å². The van der Waals surface area contributed by atoms with Crippen LogP contribution < -0.4 is 10.0 Å². The second-order valence-electron chi connectivity index (χ2n) is 6.34. The smallest absolute Gasteiger partial charge is 0.322 e. The van der Waals surface area contributed by atoms with Gasteiger partial charge in [0.25, 0.3) is 15.9 Å². The molecule has 10 heteroatoms. The van der Waals surface area contributed by atoms with E-state index in [4.69, 9.17) is 4.42 Å². The first kappa shape index (κ1) is 20.8. The molecule has 0 aliphatic carbocycles. The van der Waals surface area contributed by atoms with Crippen LogP contribution in [0.5, 0.6) is 0 Å². The first-order valence-corrected chi connectivity index (χ1v) is 11.3. The van der Waals surface area contributed by atoms with E-state index in [0.717, 1.165) is 4.47 Å². The van der Waals surface area contributed by atoms with Gasteiger partial charge in [0.05, 0.1) is 16.1 Å². The number of nitrogens with zero attached hydrogens (tertiary/aromatic N) is 2.